The van der Waals surface area contributed by atoms with Crippen LogP contribution in [-0.4, -0.2) is 24.6 Å². The summed E-state index contributed by atoms with van der Waals surface area (Å²) in [7, 11) is -4.18. The van der Waals surface area contributed by atoms with Gasteiger partial charge in [0.25, 0.3) is 10.1 Å². The smallest absolute Gasteiger partial charge is 0.294 e. The Kier molecular flexibility index (Phi) is 5.00. The van der Waals surface area contributed by atoms with Crippen molar-refractivity contribution < 1.29 is 17.8 Å². The van der Waals surface area contributed by atoms with Gasteiger partial charge in [0.05, 0.1) is 10.6 Å². The summed E-state index contributed by atoms with van der Waals surface area (Å²) < 4.78 is 30.7. The number of amides is 1. The van der Waals surface area contributed by atoms with Crippen LogP contribution in [0, 0.1) is 0 Å². The molecule has 1 amide bonds. The standard InChI is InChI=1S/C14H13NO4S2/c16-14(15-11-4-2-1-3-5-11)10-20-12-6-8-13(9-7-12)21(17,18)19/h1-9H,10H2,(H,15,16)(H,17,18,19). The lowest BCUT2D eigenvalue weighted by Crippen LogP contribution is -2.13. The topological polar surface area (TPSA) is 83.5 Å². The van der Waals surface area contributed by atoms with Crippen molar-refractivity contribution in [1.29, 1.82) is 0 Å². The highest BCUT2D eigenvalue weighted by Crippen LogP contribution is 2.20. The van der Waals surface area contributed by atoms with Crippen LogP contribution in [0.15, 0.2) is 64.4 Å². The molecule has 0 bridgehead atoms. The van der Waals surface area contributed by atoms with Gasteiger partial charge in [-0.25, -0.2) is 0 Å². The van der Waals surface area contributed by atoms with E-state index in [1.165, 1.54) is 23.9 Å². The first-order chi connectivity index (χ1) is 9.95. The van der Waals surface area contributed by atoms with Gasteiger partial charge in [-0.3, -0.25) is 9.35 Å². The number of carbonyl (C=O) groups is 1. The molecule has 0 aromatic heterocycles. The lowest BCUT2D eigenvalue weighted by Gasteiger charge is -2.05. The first-order valence-corrected chi connectivity index (χ1v) is 8.43. The molecule has 0 saturated heterocycles. The van der Waals surface area contributed by atoms with Crippen molar-refractivity contribution >= 4 is 33.5 Å². The molecule has 2 aromatic rings. The molecule has 0 spiro atoms. The zero-order chi connectivity index (χ0) is 15.3. The van der Waals surface area contributed by atoms with E-state index in [9.17, 15) is 13.2 Å². The third-order valence-electron chi connectivity index (χ3n) is 2.55. The Morgan fingerprint density at radius 3 is 2.24 bits per heavy atom. The first kappa shape index (κ1) is 15.6. The summed E-state index contributed by atoms with van der Waals surface area (Å²) in [4.78, 5) is 12.3. The van der Waals surface area contributed by atoms with Crippen molar-refractivity contribution in [3.05, 3.63) is 54.6 Å². The minimum absolute atomic E-state index is 0.148. The minimum atomic E-state index is -4.18. The maximum atomic E-state index is 11.7. The Morgan fingerprint density at radius 1 is 1.05 bits per heavy atom. The molecule has 0 aliphatic heterocycles. The normalized spacial score (nSPS) is 11.1. The number of thioether (sulfide) groups is 1. The fraction of sp³-hybridized carbons (Fsp3) is 0.0714. The van der Waals surface area contributed by atoms with Crippen LogP contribution in [0.3, 0.4) is 0 Å². The van der Waals surface area contributed by atoms with Crippen LogP contribution >= 0.6 is 11.8 Å². The molecular formula is C14H13NO4S2. The fourth-order valence-corrected chi connectivity index (χ4v) is 2.75. The molecule has 2 N–H and O–H groups in total. The predicted octanol–water partition coefficient (Wildman–Crippen LogP) is 2.66. The van der Waals surface area contributed by atoms with Crippen molar-refractivity contribution in [3.8, 4) is 0 Å². The number of anilines is 1. The molecule has 0 radical (unpaired) electrons. The van der Waals surface area contributed by atoms with Gasteiger partial charge >= 0.3 is 0 Å². The number of para-hydroxylation sites is 1. The number of rotatable bonds is 5. The lowest BCUT2D eigenvalue weighted by molar-refractivity contribution is -0.113. The van der Waals surface area contributed by atoms with Crippen LogP contribution in [-0.2, 0) is 14.9 Å². The summed E-state index contributed by atoms with van der Waals surface area (Å²) in [5, 5.41) is 2.75. The summed E-state index contributed by atoms with van der Waals surface area (Å²) in [6.07, 6.45) is 0. The quantitative estimate of drug-likeness (QED) is 0.653. The van der Waals surface area contributed by atoms with Crippen LogP contribution in [0.1, 0.15) is 0 Å². The van der Waals surface area contributed by atoms with Crippen LogP contribution in [0.4, 0.5) is 5.69 Å². The molecule has 0 aliphatic rings. The molecule has 110 valence electrons. The number of benzene rings is 2. The van der Waals surface area contributed by atoms with Gasteiger partial charge < -0.3 is 5.32 Å². The van der Waals surface area contributed by atoms with E-state index in [0.29, 0.717) is 0 Å². The predicted molar refractivity (Wildman–Crippen MR) is 82.1 cm³/mol. The fourth-order valence-electron chi connectivity index (χ4n) is 1.58. The number of hydrogen-bond acceptors (Lipinski definition) is 4. The van der Waals surface area contributed by atoms with E-state index in [1.54, 1.807) is 24.3 Å². The average Bonchev–Trinajstić information content (AvgIpc) is 2.46. The third-order valence-corrected chi connectivity index (χ3v) is 4.43. The van der Waals surface area contributed by atoms with E-state index in [4.69, 9.17) is 4.55 Å². The Hall–Kier alpha value is -1.83. The van der Waals surface area contributed by atoms with Crippen molar-refractivity contribution in [2.75, 3.05) is 11.1 Å². The van der Waals surface area contributed by atoms with Gasteiger partial charge in [-0.15, -0.1) is 11.8 Å². The zero-order valence-electron chi connectivity index (χ0n) is 10.9. The highest BCUT2D eigenvalue weighted by molar-refractivity contribution is 8.00. The molecular weight excluding hydrogens is 310 g/mol. The molecule has 0 aliphatic carbocycles. The van der Waals surface area contributed by atoms with Crippen LogP contribution < -0.4 is 5.32 Å². The van der Waals surface area contributed by atoms with E-state index < -0.39 is 10.1 Å². The van der Waals surface area contributed by atoms with Gasteiger partial charge in [0.2, 0.25) is 5.91 Å². The Labute approximate surface area is 127 Å². The van der Waals surface area contributed by atoms with Crippen LogP contribution in [0.5, 0.6) is 0 Å². The second-order valence-electron chi connectivity index (χ2n) is 4.15. The van der Waals surface area contributed by atoms with Gasteiger partial charge in [-0.05, 0) is 36.4 Å². The maximum absolute atomic E-state index is 11.7. The molecule has 0 saturated carbocycles. The van der Waals surface area contributed by atoms with Crippen molar-refractivity contribution in [1.82, 2.24) is 0 Å². The summed E-state index contributed by atoms with van der Waals surface area (Å²) in [6.45, 7) is 0. The molecule has 0 fully saturated rings. The van der Waals surface area contributed by atoms with Gasteiger partial charge in [0, 0.05) is 10.6 Å². The SMILES string of the molecule is O=C(CSc1ccc(S(=O)(=O)O)cc1)Nc1ccccc1. The summed E-state index contributed by atoms with van der Waals surface area (Å²) in [6, 6.07) is 14.8. The zero-order valence-corrected chi connectivity index (χ0v) is 12.5. The second-order valence-corrected chi connectivity index (χ2v) is 6.62. The molecule has 0 unspecified atom stereocenters. The molecule has 21 heavy (non-hydrogen) atoms. The number of nitrogens with one attached hydrogen (secondary N) is 1. The van der Waals surface area contributed by atoms with Crippen LogP contribution in [0.2, 0.25) is 0 Å². The first-order valence-electron chi connectivity index (χ1n) is 6.00. The van der Waals surface area contributed by atoms with Gasteiger partial charge in [0.1, 0.15) is 0 Å². The molecule has 7 heteroatoms. The molecule has 0 heterocycles. The van der Waals surface area contributed by atoms with E-state index in [0.717, 1.165) is 10.6 Å². The second kappa shape index (κ2) is 6.75. The van der Waals surface area contributed by atoms with Gasteiger partial charge in [-0.1, -0.05) is 18.2 Å². The lowest BCUT2D eigenvalue weighted by atomic mass is 10.3. The third kappa shape index (κ3) is 4.89. The van der Waals surface area contributed by atoms with E-state index in [2.05, 4.69) is 5.32 Å². The summed E-state index contributed by atoms with van der Waals surface area (Å²) >= 11 is 1.28. The van der Waals surface area contributed by atoms with Gasteiger partial charge in [0.15, 0.2) is 0 Å². The van der Waals surface area contributed by atoms with Crippen LogP contribution in [0.25, 0.3) is 0 Å². The average molecular weight is 323 g/mol. The summed E-state index contributed by atoms with van der Waals surface area (Å²) in [5.74, 6) is 0.0604. The summed E-state index contributed by atoms with van der Waals surface area (Å²) in [5.41, 5.74) is 0.727. The minimum Gasteiger partial charge on any atom is -0.325 e. The molecule has 5 nitrogen and oxygen atoms in total. The van der Waals surface area contributed by atoms with E-state index in [1.807, 2.05) is 18.2 Å². The molecule has 2 rings (SSSR count). The maximum Gasteiger partial charge on any atom is 0.294 e. The number of hydrogen-bond donors (Lipinski definition) is 2. The van der Waals surface area contributed by atoms with E-state index >= 15 is 0 Å². The Bertz CT molecular complexity index is 712. The van der Waals surface area contributed by atoms with Crippen molar-refractivity contribution in [3.63, 3.8) is 0 Å². The van der Waals surface area contributed by atoms with Gasteiger partial charge in [-0.2, -0.15) is 8.42 Å². The molecule has 0 atom stereocenters. The highest BCUT2D eigenvalue weighted by atomic mass is 32.2. The highest BCUT2D eigenvalue weighted by Gasteiger charge is 2.09. The van der Waals surface area contributed by atoms with Crippen molar-refractivity contribution in [2.24, 2.45) is 0 Å². The molecule has 2 aromatic carbocycles. The Morgan fingerprint density at radius 2 is 1.67 bits per heavy atom. The van der Waals surface area contributed by atoms with E-state index in [-0.39, 0.29) is 16.6 Å². The largest absolute Gasteiger partial charge is 0.325 e. The monoisotopic (exact) mass is 323 g/mol. The number of carbonyl (C=O) groups excluding carboxylic acids is 1. The Balaban J connectivity index is 1.90. The van der Waals surface area contributed by atoms with Crippen molar-refractivity contribution in [2.45, 2.75) is 9.79 Å².